The number of nitrogens with zero attached hydrogens (tertiary/aromatic N) is 2. The fourth-order valence-electron chi connectivity index (χ4n) is 4.19. The van der Waals surface area contributed by atoms with Crippen LogP contribution in [0.1, 0.15) is 36.4 Å². The Morgan fingerprint density at radius 3 is 2.42 bits per heavy atom. The molecule has 1 fully saturated rings. The molecule has 0 bridgehead atoms. The number of hydrogen-bond donors (Lipinski definition) is 3. The second kappa shape index (κ2) is 11.4. The largest absolute Gasteiger partial charge is 0.494 e. The molecule has 0 radical (unpaired) electrons. The van der Waals surface area contributed by atoms with Gasteiger partial charge in [0.1, 0.15) is 6.61 Å². The van der Waals surface area contributed by atoms with Gasteiger partial charge in [0.25, 0.3) is 0 Å². The van der Waals surface area contributed by atoms with Crippen LogP contribution in [0, 0.1) is 11.7 Å². The fourth-order valence-corrected chi connectivity index (χ4v) is 4.50. The number of benzene rings is 2. The molecule has 1 aliphatic carbocycles. The molecular weight excluding hydrogens is 510 g/mol. The summed E-state index contributed by atoms with van der Waals surface area (Å²) in [6.07, 6.45) is 2.02. The molecule has 0 saturated heterocycles. The lowest BCUT2D eigenvalue weighted by Gasteiger charge is -2.32. The first-order chi connectivity index (χ1) is 17.2. The molecule has 0 spiro atoms. The zero-order valence-corrected chi connectivity index (χ0v) is 20.9. The third kappa shape index (κ3) is 6.63. The first-order valence-corrected chi connectivity index (χ1v) is 12.4. The Labute approximate surface area is 218 Å². The molecule has 36 heavy (non-hydrogen) atoms. The number of carbonyl (C=O) groups is 1. The van der Waals surface area contributed by atoms with Gasteiger partial charge in [0.05, 0.1) is 23.0 Å². The van der Waals surface area contributed by atoms with E-state index in [4.69, 9.17) is 27.9 Å². The lowest BCUT2D eigenvalue weighted by atomic mass is 10.0. The van der Waals surface area contributed by atoms with E-state index in [1.54, 1.807) is 24.3 Å². The van der Waals surface area contributed by atoms with Gasteiger partial charge in [0.2, 0.25) is 0 Å². The Hall–Kier alpha value is -2.94. The number of carboxylic acids is 1. The third-order valence-corrected chi connectivity index (χ3v) is 6.95. The molecule has 0 aliphatic heterocycles. The van der Waals surface area contributed by atoms with Gasteiger partial charge >= 0.3 is 5.97 Å². The maximum atomic E-state index is 14.9. The van der Waals surface area contributed by atoms with Crippen LogP contribution in [0.4, 0.5) is 4.39 Å². The van der Waals surface area contributed by atoms with Crippen LogP contribution in [0.15, 0.2) is 48.5 Å². The van der Waals surface area contributed by atoms with Crippen LogP contribution in [0.25, 0.3) is 0 Å². The summed E-state index contributed by atoms with van der Waals surface area (Å²) < 4.78 is 21.6. The molecule has 1 saturated carbocycles. The summed E-state index contributed by atoms with van der Waals surface area (Å²) in [5, 5.41) is 29.7. The lowest BCUT2D eigenvalue weighted by molar-refractivity contribution is -0.138. The molecule has 1 aromatic heterocycles. The second-order valence-corrected chi connectivity index (χ2v) is 9.79. The van der Waals surface area contributed by atoms with Crippen molar-refractivity contribution in [2.24, 2.45) is 5.92 Å². The van der Waals surface area contributed by atoms with Crippen molar-refractivity contribution in [3.63, 3.8) is 0 Å². The highest BCUT2D eigenvalue weighted by Crippen LogP contribution is 2.37. The molecule has 1 atom stereocenters. The van der Waals surface area contributed by atoms with E-state index < -0.39 is 17.8 Å². The first kappa shape index (κ1) is 26.1. The summed E-state index contributed by atoms with van der Waals surface area (Å²) in [7, 11) is 0. The Kier molecular flexibility index (Phi) is 8.28. The van der Waals surface area contributed by atoms with Crippen LogP contribution < -0.4 is 4.74 Å². The van der Waals surface area contributed by atoms with Crippen LogP contribution in [-0.2, 0) is 17.9 Å². The molecule has 1 aliphatic rings. The van der Waals surface area contributed by atoms with E-state index in [0.717, 1.165) is 18.4 Å². The third-order valence-electron chi connectivity index (χ3n) is 6.22. The van der Waals surface area contributed by atoms with Crippen LogP contribution in [0.5, 0.6) is 17.5 Å². The predicted molar refractivity (Wildman–Crippen MR) is 134 cm³/mol. The second-order valence-electron chi connectivity index (χ2n) is 8.97. The van der Waals surface area contributed by atoms with Gasteiger partial charge in [-0.3, -0.25) is 14.3 Å². The minimum Gasteiger partial charge on any atom is -0.494 e. The monoisotopic (exact) mass is 536 g/mol. The van der Waals surface area contributed by atoms with Crippen LogP contribution in [0.3, 0.4) is 0 Å². The highest BCUT2D eigenvalue weighted by atomic mass is 35.5. The number of aromatic hydroxyl groups is 2. The van der Waals surface area contributed by atoms with Gasteiger partial charge in [-0.15, -0.1) is 0 Å². The van der Waals surface area contributed by atoms with Gasteiger partial charge in [-0.05, 0) is 54.2 Å². The van der Waals surface area contributed by atoms with Gasteiger partial charge in [-0.1, -0.05) is 35.3 Å². The minimum absolute atomic E-state index is 0.0396. The minimum atomic E-state index is -0.943. The number of aromatic nitrogens is 1. The molecule has 0 amide bonds. The zero-order valence-electron chi connectivity index (χ0n) is 19.4. The normalized spacial score (nSPS) is 14.2. The van der Waals surface area contributed by atoms with Crippen molar-refractivity contribution >= 4 is 29.2 Å². The Bertz CT molecular complexity index is 1210. The molecule has 1 heterocycles. The van der Waals surface area contributed by atoms with Crippen molar-refractivity contribution in [3.8, 4) is 17.5 Å². The molecule has 10 heteroatoms. The highest BCUT2D eigenvalue weighted by Gasteiger charge is 2.30. The Morgan fingerprint density at radius 1 is 1.08 bits per heavy atom. The summed E-state index contributed by atoms with van der Waals surface area (Å²) in [5.41, 5.74) is 1.42. The van der Waals surface area contributed by atoms with Crippen molar-refractivity contribution in [1.82, 2.24) is 9.47 Å². The molecule has 2 aromatic carbocycles. The Balaban J connectivity index is 1.49. The quantitative estimate of drug-likeness (QED) is 0.268. The van der Waals surface area contributed by atoms with Crippen molar-refractivity contribution in [2.75, 3.05) is 13.2 Å². The summed E-state index contributed by atoms with van der Waals surface area (Å²) in [5.74, 6) is -1.20. The van der Waals surface area contributed by atoms with Crippen molar-refractivity contribution in [1.29, 1.82) is 0 Å². The molecular formula is C26H27Cl2FN2O5. The first-order valence-electron chi connectivity index (χ1n) is 11.6. The van der Waals surface area contributed by atoms with Gasteiger partial charge in [-0.25, -0.2) is 4.39 Å². The SMILES string of the molecule is O=C(O)C[C@H](c1ccc(Cl)c(Cl)c1)N(Cc1ccc(OCCn2c(O)ccc2O)c(F)c1)CC1CC1. The maximum Gasteiger partial charge on any atom is 0.305 e. The number of aliphatic carboxylic acids is 1. The number of rotatable bonds is 12. The van der Waals surface area contributed by atoms with E-state index in [2.05, 4.69) is 4.90 Å². The topological polar surface area (TPSA) is 95.2 Å². The van der Waals surface area contributed by atoms with E-state index in [1.165, 1.54) is 28.8 Å². The molecule has 3 aromatic rings. The maximum absolute atomic E-state index is 14.9. The summed E-state index contributed by atoms with van der Waals surface area (Å²) in [6, 6.07) is 12.0. The van der Waals surface area contributed by atoms with Crippen LogP contribution >= 0.6 is 23.2 Å². The number of halogens is 3. The number of hydrogen-bond acceptors (Lipinski definition) is 5. The fraction of sp³-hybridized carbons (Fsp3) is 0.346. The molecule has 0 unspecified atom stereocenters. The number of carboxylic acid groups (broad SMARTS) is 1. The van der Waals surface area contributed by atoms with E-state index in [0.29, 0.717) is 34.6 Å². The summed E-state index contributed by atoms with van der Waals surface area (Å²) >= 11 is 12.3. The van der Waals surface area contributed by atoms with Gasteiger partial charge in [0.15, 0.2) is 23.3 Å². The highest BCUT2D eigenvalue weighted by molar-refractivity contribution is 6.42. The molecule has 7 nitrogen and oxygen atoms in total. The zero-order chi connectivity index (χ0) is 25.8. The van der Waals surface area contributed by atoms with Crippen molar-refractivity contribution < 1.29 is 29.2 Å². The summed E-state index contributed by atoms with van der Waals surface area (Å²) in [6.45, 7) is 1.21. The van der Waals surface area contributed by atoms with E-state index in [1.807, 2.05) is 0 Å². The van der Waals surface area contributed by atoms with E-state index in [-0.39, 0.29) is 37.1 Å². The lowest BCUT2D eigenvalue weighted by Crippen LogP contribution is -2.32. The molecule has 3 N–H and O–H groups in total. The van der Waals surface area contributed by atoms with Gasteiger partial charge in [0, 0.05) is 31.3 Å². The van der Waals surface area contributed by atoms with Gasteiger partial charge in [-0.2, -0.15) is 0 Å². The van der Waals surface area contributed by atoms with Crippen LogP contribution in [0.2, 0.25) is 10.0 Å². The Morgan fingerprint density at radius 2 is 1.81 bits per heavy atom. The van der Waals surface area contributed by atoms with Gasteiger partial charge < -0.3 is 20.1 Å². The van der Waals surface area contributed by atoms with Crippen LogP contribution in [-0.4, -0.2) is 43.9 Å². The molecule has 4 rings (SSSR count). The van der Waals surface area contributed by atoms with Crippen molar-refractivity contribution in [2.45, 2.75) is 38.4 Å². The average Bonchev–Trinajstić information content (AvgIpc) is 3.59. The predicted octanol–water partition coefficient (Wildman–Crippen LogP) is 5.85. The summed E-state index contributed by atoms with van der Waals surface area (Å²) in [4.78, 5) is 13.8. The smallest absolute Gasteiger partial charge is 0.305 e. The number of ether oxygens (including phenoxy) is 1. The molecule has 192 valence electrons. The van der Waals surface area contributed by atoms with Crippen molar-refractivity contribution in [3.05, 3.63) is 75.5 Å². The van der Waals surface area contributed by atoms with E-state index in [9.17, 15) is 24.5 Å². The average molecular weight is 537 g/mol. The standard InChI is InChI=1S/C26H27Cl2FN2O5/c27-19-5-4-18(12-20(19)28)22(13-26(34)35)30(14-16-1-2-16)15-17-3-6-23(21(29)11-17)36-10-9-31-24(32)7-8-25(31)33/h3-8,11-12,16,22,32-33H,1-2,9-10,13-15H2,(H,34,35)/t22-/m1/s1. The van der Waals surface area contributed by atoms with E-state index >= 15 is 0 Å².